The van der Waals surface area contributed by atoms with Crippen LogP contribution in [0.2, 0.25) is 0 Å². The molecule has 1 fully saturated rings. The van der Waals surface area contributed by atoms with Crippen LogP contribution in [0.1, 0.15) is 26.2 Å². The van der Waals surface area contributed by atoms with Gasteiger partial charge in [0.15, 0.2) is 0 Å². The number of piperidine rings is 1. The Labute approximate surface area is 132 Å². The van der Waals surface area contributed by atoms with E-state index in [2.05, 4.69) is 20.9 Å². The molecule has 1 saturated heterocycles. The van der Waals surface area contributed by atoms with Gasteiger partial charge in [-0.15, -0.1) is 0 Å². The van der Waals surface area contributed by atoms with E-state index in [1.165, 1.54) is 22.8 Å². The molecule has 1 aliphatic heterocycles. The molecule has 21 heavy (non-hydrogen) atoms. The van der Waals surface area contributed by atoms with Gasteiger partial charge in [-0.3, -0.25) is 9.78 Å². The van der Waals surface area contributed by atoms with Crippen LogP contribution >= 0.6 is 15.9 Å². The van der Waals surface area contributed by atoms with E-state index in [4.69, 9.17) is 0 Å². The molecule has 0 aliphatic carbocycles. The number of halogens is 1. The number of carboxylic acids is 1. The smallest absolute Gasteiger partial charge is 0.309 e. The van der Waals surface area contributed by atoms with Crippen LogP contribution in [0.5, 0.6) is 0 Å². The maximum Gasteiger partial charge on any atom is 0.309 e. The van der Waals surface area contributed by atoms with Gasteiger partial charge in [0.1, 0.15) is 4.90 Å². The van der Waals surface area contributed by atoms with E-state index in [1.54, 1.807) is 0 Å². The van der Waals surface area contributed by atoms with Crippen LogP contribution in [0, 0.1) is 5.41 Å². The Bertz CT molecular complexity index is 639. The Morgan fingerprint density at radius 3 is 2.52 bits per heavy atom. The van der Waals surface area contributed by atoms with Gasteiger partial charge in [-0.25, -0.2) is 8.42 Å². The molecule has 1 N–H and O–H groups in total. The summed E-state index contributed by atoms with van der Waals surface area (Å²) in [6.45, 7) is 2.26. The zero-order valence-electron chi connectivity index (χ0n) is 11.6. The highest BCUT2D eigenvalue weighted by Gasteiger charge is 2.42. The van der Waals surface area contributed by atoms with Gasteiger partial charge in [0, 0.05) is 30.0 Å². The van der Waals surface area contributed by atoms with Crippen LogP contribution in [0.3, 0.4) is 0 Å². The second kappa shape index (κ2) is 6.02. The molecule has 0 saturated carbocycles. The lowest BCUT2D eigenvalue weighted by Crippen LogP contribution is -2.46. The predicted octanol–water partition coefficient (Wildman–Crippen LogP) is 2.11. The van der Waals surface area contributed by atoms with Crippen LogP contribution in [-0.2, 0) is 14.8 Å². The number of carbonyl (C=O) groups is 1. The molecule has 6 nitrogen and oxygen atoms in total. The van der Waals surface area contributed by atoms with Crippen molar-refractivity contribution in [3.05, 3.63) is 22.9 Å². The van der Waals surface area contributed by atoms with Crippen LogP contribution in [-0.4, -0.2) is 41.9 Å². The monoisotopic (exact) mass is 376 g/mol. The van der Waals surface area contributed by atoms with E-state index >= 15 is 0 Å². The SMILES string of the molecule is CCC1(C(=O)O)CCN(S(=O)(=O)c2cncc(Br)c2)CC1. The first-order chi connectivity index (χ1) is 9.82. The van der Waals surface area contributed by atoms with Gasteiger partial charge < -0.3 is 5.11 Å². The van der Waals surface area contributed by atoms with Crippen molar-refractivity contribution < 1.29 is 18.3 Å². The summed E-state index contributed by atoms with van der Waals surface area (Å²) in [7, 11) is -3.62. The maximum absolute atomic E-state index is 12.5. The number of pyridine rings is 1. The van der Waals surface area contributed by atoms with Crippen LogP contribution in [0.25, 0.3) is 0 Å². The number of hydrogen-bond acceptors (Lipinski definition) is 4. The summed E-state index contributed by atoms with van der Waals surface area (Å²) < 4.78 is 27.0. The second-order valence-corrected chi connectivity index (χ2v) is 8.04. The molecule has 1 aromatic heterocycles. The highest BCUT2D eigenvalue weighted by molar-refractivity contribution is 9.10. The van der Waals surface area contributed by atoms with Crippen molar-refractivity contribution in [1.29, 1.82) is 0 Å². The van der Waals surface area contributed by atoms with Crippen molar-refractivity contribution in [1.82, 2.24) is 9.29 Å². The summed E-state index contributed by atoms with van der Waals surface area (Å²) in [5.74, 6) is -0.842. The van der Waals surface area contributed by atoms with Crippen molar-refractivity contribution in [3.63, 3.8) is 0 Å². The number of hydrogen-bond donors (Lipinski definition) is 1. The van der Waals surface area contributed by atoms with E-state index in [9.17, 15) is 18.3 Å². The lowest BCUT2D eigenvalue weighted by Gasteiger charge is -2.37. The number of aromatic nitrogens is 1. The van der Waals surface area contributed by atoms with Gasteiger partial charge in [0.25, 0.3) is 0 Å². The number of nitrogens with zero attached hydrogens (tertiary/aromatic N) is 2. The average Bonchev–Trinajstić information content (AvgIpc) is 2.47. The average molecular weight is 377 g/mol. The maximum atomic E-state index is 12.5. The second-order valence-electron chi connectivity index (χ2n) is 5.18. The molecule has 1 aromatic rings. The molecule has 2 rings (SSSR count). The molecule has 1 aliphatic rings. The molecule has 0 unspecified atom stereocenters. The molecular weight excluding hydrogens is 360 g/mol. The first kappa shape index (κ1) is 16.4. The molecule has 0 spiro atoms. The van der Waals surface area contributed by atoms with Gasteiger partial charge >= 0.3 is 5.97 Å². The molecule has 0 aromatic carbocycles. The number of carboxylic acid groups (broad SMARTS) is 1. The normalized spacial score (nSPS) is 19.3. The molecule has 0 bridgehead atoms. The van der Waals surface area contributed by atoms with Gasteiger partial charge in [0.05, 0.1) is 5.41 Å². The van der Waals surface area contributed by atoms with Crippen LogP contribution in [0.15, 0.2) is 27.8 Å². The molecule has 0 atom stereocenters. The van der Waals surface area contributed by atoms with Crippen LogP contribution in [0.4, 0.5) is 0 Å². The first-order valence-corrected chi connectivity index (χ1v) is 8.89. The fraction of sp³-hybridized carbons (Fsp3) is 0.538. The quantitative estimate of drug-likeness (QED) is 0.869. The lowest BCUT2D eigenvalue weighted by molar-refractivity contribution is -0.151. The Hall–Kier alpha value is -0.990. The number of sulfonamides is 1. The zero-order chi connectivity index (χ0) is 15.7. The summed E-state index contributed by atoms with van der Waals surface area (Å²) in [6, 6.07) is 1.50. The highest BCUT2D eigenvalue weighted by Crippen LogP contribution is 2.36. The van der Waals surface area contributed by atoms with Crippen molar-refractivity contribution >= 4 is 31.9 Å². The standard InChI is InChI=1S/C13H17BrN2O4S/c1-2-13(12(17)18)3-5-16(6-4-13)21(19,20)11-7-10(14)8-15-9-11/h7-9H,2-6H2,1H3,(H,17,18). The molecule has 0 amide bonds. The summed E-state index contributed by atoms with van der Waals surface area (Å²) in [5, 5.41) is 9.35. The third-order valence-electron chi connectivity index (χ3n) is 4.13. The Morgan fingerprint density at radius 1 is 1.43 bits per heavy atom. The third kappa shape index (κ3) is 3.12. The van der Waals surface area contributed by atoms with Gasteiger partial charge in [-0.1, -0.05) is 6.92 Å². The lowest BCUT2D eigenvalue weighted by atomic mass is 9.77. The van der Waals surface area contributed by atoms with E-state index in [1.807, 2.05) is 6.92 Å². The van der Waals surface area contributed by atoms with Gasteiger partial charge in [0.2, 0.25) is 10.0 Å². The molecule has 8 heteroatoms. The first-order valence-electron chi connectivity index (χ1n) is 6.66. The Kier molecular flexibility index (Phi) is 4.69. The summed E-state index contributed by atoms with van der Waals surface area (Å²) in [5.41, 5.74) is -0.804. The molecule has 116 valence electrons. The van der Waals surface area contributed by atoms with E-state index in [0.29, 0.717) is 23.7 Å². The summed E-state index contributed by atoms with van der Waals surface area (Å²) in [6.07, 6.45) is 3.99. The minimum Gasteiger partial charge on any atom is -0.481 e. The van der Waals surface area contributed by atoms with Crippen molar-refractivity contribution in [2.24, 2.45) is 5.41 Å². The van der Waals surface area contributed by atoms with Gasteiger partial charge in [-0.05, 0) is 41.3 Å². The number of aliphatic carboxylic acids is 1. The topological polar surface area (TPSA) is 87.6 Å². The van der Waals surface area contributed by atoms with Crippen LogP contribution < -0.4 is 0 Å². The third-order valence-corrected chi connectivity index (χ3v) is 6.43. The zero-order valence-corrected chi connectivity index (χ0v) is 14.0. The van der Waals surface area contributed by atoms with Crippen molar-refractivity contribution in [2.75, 3.05) is 13.1 Å². The molecule has 0 radical (unpaired) electrons. The Balaban J connectivity index is 2.20. The Morgan fingerprint density at radius 2 is 2.05 bits per heavy atom. The minimum absolute atomic E-state index is 0.121. The summed E-state index contributed by atoms with van der Waals surface area (Å²) >= 11 is 3.20. The number of rotatable bonds is 4. The minimum atomic E-state index is -3.62. The van der Waals surface area contributed by atoms with Crippen molar-refractivity contribution in [3.8, 4) is 0 Å². The van der Waals surface area contributed by atoms with E-state index in [0.717, 1.165) is 0 Å². The fourth-order valence-electron chi connectivity index (χ4n) is 2.56. The van der Waals surface area contributed by atoms with Gasteiger partial charge in [-0.2, -0.15) is 4.31 Å². The van der Waals surface area contributed by atoms with Crippen molar-refractivity contribution in [2.45, 2.75) is 31.1 Å². The summed E-state index contributed by atoms with van der Waals surface area (Å²) in [4.78, 5) is 15.4. The predicted molar refractivity (Wildman–Crippen MR) is 80.3 cm³/mol. The van der Waals surface area contributed by atoms with E-state index in [-0.39, 0.29) is 18.0 Å². The largest absolute Gasteiger partial charge is 0.481 e. The highest BCUT2D eigenvalue weighted by atomic mass is 79.9. The molecular formula is C13H17BrN2O4S. The fourth-order valence-corrected chi connectivity index (χ4v) is 4.50. The molecule has 2 heterocycles. The van der Waals surface area contributed by atoms with E-state index < -0.39 is 21.4 Å².